The van der Waals surface area contributed by atoms with Crippen LogP contribution in [-0.2, 0) is 16.0 Å². The quantitative estimate of drug-likeness (QED) is 0.376. The van der Waals surface area contributed by atoms with Gasteiger partial charge in [0.05, 0.1) is 11.8 Å². The number of aromatic amines is 1. The van der Waals surface area contributed by atoms with E-state index in [4.69, 9.17) is 0 Å². The Balaban J connectivity index is 1.63. The van der Waals surface area contributed by atoms with Gasteiger partial charge in [-0.25, -0.2) is 5.43 Å². The highest BCUT2D eigenvalue weighted by atomic mass is 16.2. The molecule has 0 saturated carbocycles. The summed E-state index contributed by atoms with van der Waals surface area (Å²) >= 11 is 0. The van der Waals surface area contributed by atoms with Crippen molar-refractivity contribution in [3.63, 3.8) is 0 Å². The molecule has 7 nitrogen and oxygen atoms in total. The summed E-state index contributed by atoms with van der Waals surface area (Å²) in [6.45, 7) is 2.03. The van der Waals surface area contributed by atoms with Crippen LogP contribution in [0.4, 0.5) is 5.69 Å². The molecule has 0 fully saturated rings. The van der Waals surface area contributed by atoms with Gasteiger partial charge >= 0.3 is 11.8 Å². The first-order chi connectivity index (χ1) is 13.1. The Morgan fingerprint density at radius 1 is 1.07 bits per heavy atom. The largest absolute Gasteiger partial charge is 0.329 e. The van der Waals surface area contributed by atoms with Crippen molar-refractivity contribution in [3.8, 4) is 0 Å². The molecule has 136 valence electrons. The minimum Gasteiger partial charge on any atom is -0.321 e. The first-order valence-electron chi connectivity index (χ1n) is 8.42. The zero-order valence-corrected chi connectivity index (χ0v) is 14.7. The summed E-state index contributed by atoms with van der Waals surface area (Å²) in [5.41, 5.74) is 4.39. The number of aryl methyl sites for hydroxylation is 1. The molecule has 0 saturated heterocycles. The second kappa shape index (κ2) is 8.09. The third kappa shape index (κ3) is 4.46. The zero-order chi connectivity index (χ0) is 19.2. The maximum Gasteiger partial charge on any atom is 0.329 e. The SMILES string of the molecule is CCc1ccc(NC(=O)C(=O)N/N=C\c2cc3ccccc3[nH]c2=O)cc1. The number of hydrazone groups is 1. The molecule has 0 aliphatic carbocycles. The molecule has 0 bridgehead atoms. The van der Waals surface area contributed by atoms with Crippen molar-refractivity contribution in [1.29, 1.82) is 0 Å². The van der Waals surface area contributed by atoms with E-state index in [9.17, 15) is 14.4 Å². The minimum atomic E-state index is -0.928. The van der Waals surface area contributed by atoms with E-state index in [1.165, 1.54) is 6.21 Å². The van der Waals surface area contributed by atoms with Crippen molar-refractivity contribution in [3.05, 3.63) is 76.1 Å². The summed E-state index contributed by atoms with van der Waals surface area (Å²) in [6, 6.07) is 16.1. The summed E-state index contributed by atoms with van der Waals surface area (Å²) in [5, 5.41) is 7.01. The second-order valence-corrected chi connectivity index (χ2v) is 5.84. The minimum absolute atomic E-state index is 0.268. The number of para-hydroxylation sites is 1. The van der Waals surface area contributed by atoms with Crippen molar-refractivity contribution >= 4 is 34.6 Å². The van der Waals surface area contributed by atoms with Gasteiger partial charge in [-0.2, -0.15) is 5.10 Å². The number of anilines is 1. The zero-order valence-electron chi connectivity index (χ0n) is 14.7. The third-order valence-corrected chi connectivity index (χ3v) is 3.98. The number of carbonyl (C=O) groups excluding carboxylic acids is 2. The predicted molar refractivity (Wildman–Crippen MR) is 105 cm³/mol. The number of hydrogen-bond donors (Lipinski definition) is 3. The number of nitrogens with zero attached hydrogens (tertiary/aromatic N) is 1. The van der Waals surface area contributed by atoms with E-state index in [0.29, 0.717) is 11.2 Å². The molecule has 0 radical (unpaired) electrons. The molecule has 1 aromatic heterocycles. The van der Waals surface area contributed by atoms with Gasteiger partial charge < -0.3 is 10.3 Å². The van der Waals surface area contributed by atoms with E-state index >= 15 is 0 Å². The van der Waals surface area contributed by atoms with Crippen LogP contribution in [0.3, 0.4) is 0 Å². The lowest BCUT2D eigenvalue weighted by atomic mass is 10.1. The van der Waals surface area contributed by atoms with E-state index in [2.05, 4.69) is 20.8 Å². The number of nitrogens with one attached hydrogen (secondary N) is 3. The standard InChI is InChI=1S/C20H18N4O3/c1-2-13-7-9-16(10-8-13)22-19(26)20(27)24-21-12-15-11-14-5-3-4-6-17(14)23-18(15)25/h3-12H,2H2,1H3,(H,22,26)(H,23,25)(H,24,27)/b21-12-. The lowest BCUT2D eigenvalue weighted by Gasteiger charge is -2.04. The molecule has 1 heterocycles. The van der Waals surface area contributed by atoms with E-state index < -0.39 is 11.8 Å². The normalized spacial score (nSPS) is 10.9. The smallest absolute Gasteiger partial charge is 0.321 e. The number of H-pyrrole nitrogens is 1. The topological polar surface area (TPSA) is 103 Å². The van der Waals surface area contributed by atoms with Crippen LogP contribution in [0.25, 0.3) is 10.9 Å². The molecule has 2 amide bonds. The van der Waals surface area contributed by atoms with Gasteiger partial charge in [-0.3, -0.25) is 14.4 Å². The Labute approximate surface area is 155 Å². The van der Waals surface area contributed by atoms with Gasteiger partial charge in [-0.1, -0.05) is 37.3 Å². The van der Waals surface area contributed by atoms with Gasteiger partial charge in [-0.15, -0.1) is 0 Å². The fourth-order valence-corrected chi connectivity index (χ4v) is 2.48. The van der Waals surface area contributed by atoms with Crippen LogP contribution in [0.5, 0.6) is 0 Å². The highest BCUT2D eigenvalue weighted by molar-refractivity contribution is 6.39. The Kier molecular flexibility index (Phi) is 5.41. The molecule has 0 aliphatic heterocycles. The van der Waals surface area contributed by atoms with E-state index in [1.807, 2.05) is 37.3 Å². The van der Waals surface area contributed by atoms with Crippen molar-refractivity contribution in [2.24, 2.45) is 5.10 Å². The number of fused-ring (bicyclic) bond motifs is 1. The average molecular weight is 362 g/mol. The molecule has 3 rings (SSSR count). The molecule has 0 atom stereocenters. The number of aromatic nitrogens is 1. The first kappa shape index (κ1) is 18.1. The Hall–Kier alpha value is -3.74. The fraction of sp³-hybridized carbons (Fsp3) is 0.100. The molecule has 7 heteroatoms. The van der Waals surface area contributed by atoms with Crippen molar-refractivity contribution in [2.45, 2.75) is 13.3 Å². The molecule has 3 N–H and O–H groups in total. The summed E-state index contributed by atoms with van der Waals surface area (Å²) in [7, 11) is 0. The van der Waals surface area contributed by atoms with E-state index in [1.54, 1.807) is 24.3 Å². The fourth-order valence-electron chi connectivity index (χ4n) is 2.48. The molecule has 27 heavy (non-hydrogen) atoms. The highest BCUT2D eigenvalue weighted by Gasteiger charge is 2.12. The predicted octanol–water partition coefficient (Wildman–Crippen LogP) is 2.18. The third-order valence-electron chi connectivity index (χ3n) is 3.98. The number of rotatable bonds is 4. The molecule has 2 aromatic carbocycles. The Bertz CT molecular complexity index is 1070. The van der Waals surface area contributed by atoms with Crippen LogP contribution >= 0.6 is 0 Å². The lowest BCUT2D eigenvalue weighted by Crippen LogP contribution is -2.32. The summed E-state index contributed by atoms with van der Waals surface area (Å²) in [4.78, 5) is 38.4. The number of benzene rings is 2. The van der Waals surface area contributed by atoms with Crippen LogP contribution in [0, 0.1) is 0 Å². The highest BCUT2D eigenvalue weighted by Crippen LogP contribution is 2.10. The molecular formula is C20H18N4O3. The number of pyridine rings is 1. The van der Waals surface area contributed by atoms with E-state index in [-0.39, 0.29) is 11.1 Å². The van der Waals surface area contributed by atoms with E-state index in [0.717, 1.165) is 17.4 Å². The van der Waals surface area contributed by atoms with Gasteiger partial charge in [-0.05, 0) is 41.6 Å². The van der Waals surface area contributed by atoms with Gasteiger partial charge in [0.25, 0.3) is 5.56 Å². The molecule has 0 spiro atoms. The number of carbonyl (C=O) groups is 2. The number of hydrogen-bond acceptors (Lipinski definition) is 4. The first-order valence-corrected chi connectivity index (χ1v) is 8.42. The van der Waals surface area contributed by atoms with Crippen molar-refractivity contribution < 1.29 is 9.59 Å². The van der Waals surface area contributed by atoms with Crippen LogP contribution in [0.2, 0.25) is 0 Å². The molecule has 3 aromatic rings. The van der Waals surface area contributed by atoms with Crippen LogP contribution in [0.1, 0.15) is 18.1 Å². The summed E-state index contributed by atoms with van der Waals surface area (Å²) < 4.78 is 0. The molecule has 0 aliphatic rings. The Morgan fingerprint density at radius 3 is 2.56 bits per heavy atom. The van der Waals surface area contributed by atoms with Gasteiger partial charge in [0.1, 0.15) is 0 Å². The van der Waals surface area contributed by atoms with Gasteiger partial charge in [0.2, 0.25) is 0 Å². The van der Waals surface area contributed by atoms with Crippen LogP contribution in [-0.4, -0.2) is 23.0 Å². The van der Waals surface area contributed by atoms with Crippen LogP contribution < -0.4 is 16.3 Å². The monoisotopic (exact) mass is 362 g/mol. The van der Waals surface area contributed by atoms with Crippen molar-refractivity contribution in [1.82, 2.24) is 10.4 Å². The summed E-state index contributed by atoms with van der Waals surface area (Å²) in [5.74, 6) is -1.77. The Morgan fingerprint density at radius 2 is 1.81 bits per heavy atom. The maximum atomic E-state index is 12.0. The number of amides is 2. The maximum absolute atomic E-state index is 12.0. The molecular weight excluding hydrogens is 344 g/mol. The molecule has 0 unspecified atom stereocenters. The van der Waals surface area contributed by atoms with Gasteiger partial charge in [0.15, 0.2) is 0 Å². The second-order valence-electron chi connectivity index (χ2n) is 5.84. The van der Waals surface area contributed by atoms with Crippen LogP contribution in [0.15, 0.2) is 64.5 Å². The van der Waals surface area contributed by atoms with Crippen molar-refractivity contribution in [2.75, 3.05) is 5.32 Å². The average Bonchev–Trinajstić information content (AvgIpc) is 2.68. The van der Waals surface area contributed by atoms with Gasteiger partial charge in [0, 0.05) is 11.2 Å². The summed E-state index contributed by atoms with van der Waals surface area (Å²) in [6.07, 6.45) is 2.09. The lowest BCUT2D eigenvalue weighted by molar-refractivity contribution is -0.136.